The zero-order chi connectivity index (χ0) is 22.5. The lowest BCUT2D eigenvalue weighted by Gasteiger charge is -2.30. The van der Waals surface area contributed by atoms with Gasteiger partial charge < -0.3 is 0 Å². The maximum atomic E-state index is 13.6. The predicted octanol–water partition coefficient (Wildman–Crippen LogP) is 6.83. The van der Waals surface area contributed by atoms with E-state index in [1.54, 1.807) is 6.08 Å². The predicted molar refractivity (Wildman–Crippen MR) is 139 cm³/mol. The summed E-state index contributed by atoms with van der Waals surface area (Å²) < 4.78 is 13.6. The van der Waals surface area contributed by atoms with Gasteiger partial charge in [-0.3, -0.25) is 0 Å². The van der Waals surface area contributed by atoms with Crippen molar-refractivity contribution >= 4 is 23.7 Å². The minimum atomic E-state index is 0.113. The fourth-order valence-corrected chi connectivity index (χ4v) is 5.66. The normalized spacial score (nSPS) is 16.6. The van der Waals surface area contributed by atoms with Crippen LogP contribution in [0, 0.1) is 0 Å². The Labute approximate surface area is 193 Å². The van der Waals surface area contributed by atoms with Crippen molar-refractivity contribution in [2.24, 2.45) is 0 Å². The molecular weight excluding hydrogens is 390 g/mol. The van der Waals surface area contributed by atoms with Gasteiger partial charge in [-0.25, -0.2) is 4.39 Å². The van der Waals surface area contributed by atoms with E-state index in [4.69, 9.17) is 0 Å². The van der Waals surface area contributed by atoms with Gasteiger partial charge in [0.05, 0.1) is 6.33 Å². The molecule has 0 saturated carbocycles. The van der Waals surface area contributed by atoms with E-state index in [-0.39, 0.29) is 6.71 Å². The minimum Gasteiger partial charge on any atom is -0.216 e. The molecule has 0 N–H and O–H groups in total. The second kappa shape index (κ2) is 10.3. The van der Waals surface area contributed by atoms with Crippen molar-refractivity contribution in [3.8, 4) is 0 Å². The van der Waals surface area contributed by atoms with Crippen LogP contribution in [-0.4, -0.2) is 6.71 Å². The highest BCUT2D eigenvalue weighted by Gasteiger charge is 2.32. The summed E-state index contributed by atoms with van der Waals surface area (Å²) in [7, 11) is 0. The summed E-state index contributed by atoms with van der Waals surface area (Å²) in [6, 6.07) is 13.4. The van der Waals surface area contributed by atoms with E-state index in [1.807, 2.05) is 0 Å². The molecule has 0 spiro atoms. The van der Waals surface area contributed by atoms with Crippen LogP contribution < -0.4 is 10.9 Å². The first-order valence-electron chi connectivity index (χ1n) is 12.2. The molecule has 2 heteroatoms. The van der Waals surface area contributed by atoms with Gasteiger partial charge in [-0.15, -0.1) is 0 Å². The quantitative estimate of drug-likeness (QED) is 0.446. The highest BCUT2D eigenvalue weighted by Crippen LogP contribution is 2.30. The van der Waals surface area contributed by atoms with Gasteiger partial charge in [-0.05, 0) is 92.7 Å². The van der Waals surface area contributed by atoms with Crippen molar-refractivity contribution in [3.63, 3.8) is 0 Å². The van der Waals surface area contributed by atoms with Gasteiger partial charge in [0.15, 0.2) is 0 Å². The van der Waals surface area contributed by atoms with Crippen molar-refractivity contribution in [1.82, 2.24) is 0 Å². The lowest BCUT2D eigenvalue weighted by atomic mass is 9.33. The third-order valence-corrected chi connectivity index (χ3v) is 7.19. The van der Waals surface area contributed by atoms with E-state index >= 15 is 0 Å². The monoisotopic (exact) mass is 424 g/mol. The molecule has 0 amide bonds. The van der Waals surface area contributed by atoms with E-state index in [2.05, 4.69) is 75.4 Å². The van der Waals surface area contributed by atoms with E-state index < -0.39 is 0 Å². The molecular formula is C30H34BF. The van der Waals surface area contributed by atoms with Crippen LogP contribution in [0.2, 0.25) is 0 Å². The fraction of sp³-hybridized carbons (Fsp3) is 0.333. The second-order valence-electron chi connectivity index (χ2n) is 9.08. The van der Waals surface area contributed by atoms with Crippen LogP contribution in [0.3, 0.4) is 0 Å². The number of benzene rings is 2. The summed E-state index contributed by atoms with van der Waals surface area (Å²) in [6.07, 6.45) is 17.1. The smallest absolute Gasteiger partial charge is 0.216 e. The topological polar surface area (TPSA) is 0 Å². The van der Waals surface area contributed by atoms with E-state index in [9.17, 15) is 4.39 Å². The first-order valence-corrected chi connectivity index (χ1v) is 12.2. The first-order chi connectivity index (χ1) is 15.7. The van der Waals surface area contributed by atoms with Gasteiger partial charge in [0.25, 0.3) is 0 Å². The van der Waals surface area contributed by atoms with Crippen molar-refractivity contribution in [2.75, 3.05) is 0 Å². The van der Waals surface area contributed by atoms with Crippen LogP contribution >= 0.6 is 0 Å². The molecule has 0 unspecified atom stereocenters. The fourth-order valence-electron chi connectivity index (χ4n) is 5.66. The largest absolute Gasteiger partial charge is 0.242 e. The standard InChI is InChI=1S/C30H34BF/c1-4-11-25-22(3)12-8-17-28(25)31(29-19-10-15-24-13-6-7-16-26(24)29)30-18-9-14-23(5-2)27(30)20-21-32/h4,9-11,14-15,17-21H,5-8,12-13,16H2,1-3H3/b11-4-,21-20-. The molecule has 2 aromatic carbocycles. The minimum absolute atomic E-state index is 0.113. The molecule has 0 saturated heterocycles. The van der Waals surface area contributed by atoms with Crippen molar-refractivity contribution in [3.05, 3.63) is 99.8 Å². The molecule has 0 heterocycles. The lowest BCUT2D eigenvalue weighted by molar-refractivity contribution is 0.688. The molecule has 2 aliphatic rings. The highest BCUT2D eigenvalue weighted by molar-refractivity contribution is 6.92. The maximum Gasteiger partial charge on any atom is 0.242 e. The number of halogens is 1. The molecule has 0 bridgehead atoms. The number of fused-ring (bicyclic) bond motifs is 1. The van der Waals surface area contributed by atoms with Crippen LogP contribution in [0.4, 0.5) is 4.39 Å². The van der Waals surface area contributed by atoms with Gasteiger partial charge in [-0.1, -0.05) is 83.5 Å². The Morgan fingerprint density at radius 2 is 1.75 bits per heavy atom. The number of rotatable bonds is 6. The molecule has 2 aliphatic carbocycles. The Hall–Kier alpha value is -2.61. The zero-order valence-electron chi connectivity index (χ0n) is 19.8. The van der Waals surface area contributed by atoms with Crippen LogP contribution in [0.1, 0.15) is 68.7 Å². The van der Waals surface area contributed by atoms with Crippen molar-refractivity contribution in [1.29, 1.82) is 0 Å². The molecule has 0 radical (unpaired) electrons. The van der Waals surface area contributed by atoms with E-state index in [0.717, 1.165) is 37.7 Å². The second-order valence-corrected chi connectivity index (χ2v) is 9.08. The molecule has 0 nitrogen and oxygen atoms in total. The summed E-state index contributed by atoms with van der Waals surface area (Å²) in [5.41, 5.74) is 12.1. The van der Waals surface area contributed by atoms with Gasteiger partial charge in [0.1, 0.15) is 0 Å². The van der Waals surface area contributed by atoms with Crippen molar-refractivity contribution < 1.29 is 4.39 Å². The zero-order valence-corrected chi connectivity index (χ0v) is 19.8. The number of hydrogen-bond acceptors (Lipinski definition) is 0. The third kappa shape index (κ3) is 4.33. The average molecular weight is 424 g/mol. The number of allylic oxidation sites excluding steroid dienone is 6. The van der Waals surface area contributed by atoms with Crippen LogP contribution in [0.25, 0.3) is 6.08 Å². The van der Waals surface area contributed by atoms with Gasteiger partial charge in [0.2, 0.25) is 6.71 Å². The number of hydrogen-bond donors (Lipinski definition) is 0. The summed E-state index contributed by atoms with van der Waals surface area (Å²) in [6.45, 7) is 6.64. The average Bonchev–Trinajstić information content (AvgIpc) is 2.82. The summed E-state index contributed by atoms with van der Waals surface area (Å²) in [5, 5.41) is 0. The summed E-state index contributed by atoms with van der Waals surface area (Å²) >= 11 is 0. The summed E-state index contributed by atoms with van der Waals surface area (Å²) in [4.78, 5) is 0. The van der Waals surface area contributed by atoms with Gasteiger partial charge in [0, 0.05) is 0 Å². The molecule has 0 aromatic heterocycles. The molecule has 32 heavy (non-hydrogen) atoms. The van der Waals surface area contributed by atoms with E-state index in [1.165, 1.54) is 57.1 Å². The Bertz CT molecular complexity index is 1100. The lowest BCUT2D eigenvalue weighted by Crippen LogP contribution is -2.48. The Kier molecular flexibility index (Phi) is 7.30. The summed E-state index contributed by atoms with van der Waals surface area (Å²) in [5.74, 6) is 0. The maximum absolute atomic E-state index is 13.6. The number of aryl methyl sites for hydroxylation is 2. The van der Waals surface area contributed by atoms with Crippen LogP contribution in [-0.2, 0) is 19.3 Å². The molecule has 0 aliphatic heterocycles. The molecule has 164 valence electrons. The van der Waals surface area contributed by atoms with Crippen molar-refractivity contribution in [2.45, 2.75) is 65.7 Å². The first kappa shape index (κ1) is 22.6. The molecule has 4 rings (SSSR count). The van der Waals surface area contributed by atoms with Gasteiger partial charge >= 0.3 is 0 Å². The Balaban J connectivity index is 2.02. The molecule has 2 aromatic rings. The molecule has 0 fully saturated rings. The SMILES string of the molecule is C/C=C\C1=C(C)CCC=C1B(c1cccc(CC)c1/C=C\F)c1cccc2c1CCCC2. The van der Waals surface area contributed by atoms with Crippen LogP contribution in [0.5, 0.6) is 0 Å². The molecule has 0 atom stereocenters. The van der Waals surface area contributed by atoms with Gasteiger partial charge in [-0.2, -0.15) is 0 Å². The Morgan fingerprint density at radius 1 is 0.969 bits per heavy atom. The highest BCUT2D eigenvalue weighted by atomic mass is 19.1. The third-order valence-electron chi connectivity index (χ3n) is 7.19. The van der Waals surface area contributed by atoms with E-state index in [0.29, 0.717) is 6.33 Å². The Morgan fingerprint density at radius 3 is 2.53 bits per heavy atom. The van der Waals surface area contributed by atoms with Crippen LogP contribution in [0.15, 0.2) is 77.6 Å².